The fraction of sp³-hybridized carbons (Fsp3) is 0.909. The molecule has 1 saturated carbocycles. The van der Waals surface area contributed by atoms with Crippen molar-refractivity contribution in [3.05, 3.63) is 0 Å². The highest BCUT2D eigenvalue weighted by Crippen LogP contribution is 2.20. The molecule has 0 aromatic carbocycles. The van der Waals surface area contributed by atoms with E-state index < -0.39 is 0 Å². The summed E-state index contributed by atoms with van der Waals surface area (Å²) in [4.78, 5) is 11.7. The minimum absolute atomic E-state index is 0.119. The Hall–Kier alpha value is -0.570. The van der Waals surface area contributed by atoms with E-state index in [4.69, 9.17) is 4.74 Å². The van der Waals surface area contributed by atoms with Gasteiger partial charge in [-0.2, -0.15) is 0 Å². The Bertz CT molecular complexity index is 204. The molecule has 1 atom stereocenters. The van der Waals surface area contributed by atoms with Crippen molar-refractivity contribution >= 4 is 5.97 Å². The Labute approximate surface area is 86.2 Å². The maximum atomic E-state index is 11.7. The lowest BCUT2D eigenvalue weighted by Gasteiger charge is -2.23. The number of carbonyl (C=O) groups is 1. The Morgan fingerprint density at radius 3 is 2.43 bits per heavy atom. The highest BCUT2D eigenvalue weighted by Gasteiger charge is 2.29. The van der Waals surface area contributed by atoms with Gasteiger partial charge in [0.25, 0.3) is 0 Å². The first-order valence-electron chi connectivity index (χ1n) is 5.41. The number of nitrogens with one attached hydrogen (secondary N) is 1. The van der Waals surface area contributed by atoms with Gasteiger partial charge in [-0.25, -0.2) is 0 Å². The summed E-state index contributed by atoms with van der Waals surface area (Å²) < 4.78 is 5.32. The van der Waals surface area contributed by atoms with E-state index in [1.807, 2.05) is 27.7 Å². The number of ether oxygens (including phenoxy) is 1. The van der Waals surface area contributed by atoms with Crippen LogP contribution < -0.4 is 5.32 Å². The van der Waals surface area contributed by atoms with Crippen LogP contribution in [0.25, 0.3) is 0 Å². The van der Waals surface area contributed by atoms with Crippen molar-refractivity contribution in [3.63, 3.8) is 0 Å². The average Bonchev–Trinajstić information content (AvgIpc) is 2.79. The van der Waals surface area contributed by atoms with E-state index in [0.29, 0.717) is 6.04 Å². The second-order valence-electron chi connectivity index (χ2n) is 4.94. The molecule has 0 bridgehead atoms. The van der Waals surface area contributed by atoms with Crippen LogP contribution in [-0.4, -0.2) is 23.7 Å². The summed E-state index contributed by atoms with van der Waals surface area (Å²) in [5, 5.41) is 3.29. The molecule has 3 heteroatoms. The molecule has 0 heterocycles. The molecule has 0 spiro atoms. The van der Waals surface area contributed by atoms with E-state index in [2.05, 4.69) is 5.32 Å². The van der Waals surface area contributed by atoms with E-state index >= 15 is 0 Å². The van der Waals surface area contributed by atoms with Crippen LogP contribution in [0.4, 0.5) is 0 Å². The van der Waals surface area contributed by atoms with Crippen molar-refractivity contribution in [2.45, 2.75) is 64.6 Å². The van der Waals surface area contributed by atoms with Crippen LogP contribution in [0, 0.1) is 0 Å². The van der Waals surface area contributed by atoms with E-state index in [9.17, 15) is 4.79 Å². The lowest BCUT2D eigenvalue weighted by atomic mass is 10.1. The van der Waals surface area contributed by atoms with Crippen molar-refractivity contribution in [3.8, 4) is 0 Å². The molecule has 0 aliphatic heterocycles. The number of esters is 1. The second-order valence-corrected chi connectivity index (χ2v) is 4.94. The fourth-order valence-corrected chi connectivity index (χ4v) is 1.26. The molecule has 0 radical (unpaired) electrons. The maximum Gasteiger partial charge on any atom is 0.323 e. The lowest BCUT2D eigenvalue weighted by Crippen LogP contribution is -2.41. The first-order chi connectivity index (χ1) is 6.42. The molecule has 1 N–H and O–H groups in total. The second kappa shape index (κ2) is 4.30. The van der Waals surface area contributed by atoms with Gasteiger partial charge in [0.2, 0.25) is 0 Å². The van der Waals surface area contributed by atoms with Gasteiger partial charge in [0.15, 0.2) is 0 Å². The van der Waals surface area contributed by atoms with Crippen molar-refractivity contribution in [1.29, 1.82) is 0 Å². The Morgan fingerprint density at radius 2 is 2.07 bits per heavy atom. The summed E-state index contributed by atoms with van der Waals surface area (Å²) in [6.45, 7) is 7.70. The summed E-state index contributed by atoms with van der Waals surface area (Å²) in [5.41, 5.74) is -0.379. The van der Waals surface area contributed by atoms with Crippen LogP contribution in [0.15, 0.2) is 0 Å². The van der Waals surface area contributed by atoms with E-state index in [-0.39, 0.29) is 17.6 Å². The lowest BCUT2D eigenvalue weighted by molar-refractivity contribution is -0.157. The zero-order chi connectivity index (χ0) is 10.8. The van der Waals surface area contributed by atoms with E-state index in [1.54, 1.807) is 0 Å². The summed E-state index contributed by atoms with van der Waals surface area (Å²) in [6.07, 6.45) is 3.18. The highest BCUT2D eigenvalue weighted by atomic mass is 16.6. The van der Waals surface area contributed by atoms with Gasteiger partial charge < -0.3 is 10.1 Å². The van der Waals surface area contributed by atoms with Gasteiger partial charge in [-0.3, -0.25) is 4.79 Å². The summed E-state index contributed by atoms with van der Waals surface area (Å²) in [7, 11) is 0. The molecule has 14 heavy (non-hydrogen) atoms. The minimum atomic E-state index is -0.379. The van der Waals surface area contributed by atoms with Crippen LogP contribution in [-0.2, 0) is 9.53 Å². The quantitative estimate of drug-likeness (QED) is 0.702. The molecular weight excluding hydrogens is 178 g/mol. The normalized spacial score (nSPS) is 19.1. The third-order valence-electron chi connectivity index (χ3n) is 2.11. The monoisotopic (exact) mass is 199 g/mol. The number of rotatable bonds is 4. The van der Waals surface area contributed by atoms with E-state index in [1.165, 1.54) is 12.8 Å². The van der Waals surface area contributed by atoms with Crippen LogP contribution in [0.5, 0.6) is 0 Å². The zero-order valence-corrected chi connectivity index (χ0v) is 9.59. The number of hydrogen-bond donors (Lipinski definition) is 1. The molecule has 0 amide bonds. The molecule has 1 aliphatic carbocycles. The van der Waals surface area contributed by atoms with Crippen molar-refractivity contribution in [1.82, 2.24) is 5.32 Å². The van der Waals surface area contributed by atoms with Gasteiger partial charge in [-0.15, -0.1) is 0 Å². The van der Waals surface area contributed by atoms with Crippen molar-refractivity contribution < 1.29 is 9.53 Å². The molecule has 1 rings (SSSR count). The van der Waals surface area contributed by atoms with Gasteiger partial charge in [0.05, 0.1) is 0 Å². The van der Waals surface area contributed by atoms with Crippen LogP contribution >= 0.6 is 0 Å². The molecule has 1 unspecified atom stereocenters. The summed E-state index contributed by atoms with van der Waals surface area (Å²) in [5.74, 6) is -0.119. The van der Waals surface area contributed by atoms with Gasteiger partial charge in [0, 0.05) is 6.04 Å². The number of hydrogen-bond acceptors (Lipinski definition) is 3. The molecule has 1 fully saturated rings. The molecule has 82 valence electrons. The Balaban J connectivity index is 2.38. The minimum Gasteiger partial charge on any atom is -0.459 e. The third kappa shape index (κ3) is 4.09. The SMILES string of the molecule is CCC(NC1CC1)C(=O)OC(C)(C)C. The molecule has 3 nitrogen and oxygen atoms in total. The smallest absolute Gasteiger partial charge is 0.323 e. The molecule has 0 aromatic rings. The van der Waals surface area contributed by atoms with Crippen LogP contribution in [0.3, 0.4) is 0 Å². The van der Waals surface area contributed by atoms with Crippen LogP contribution in [0.1, 0.15) is 47.0 Å². The fourth-order valence-electron chi connectivity index (χ4n) is 1.26. The topological polar surface area (TPSA) is 38.3 Å². The van der Waals surface area contributed by atoms with Crippen LogP contribution in [0.2, 0.25) is 0 Å². The average molecular weight is 199 g/mol. The zero-order valence-electron chi connectivity index (χ0n) is 9.59. The van der Waals surface area contributed by atoms with Crippen molar-refractivity contribution in [2.24, 2.45) is 0 Å². The predicted molar refractivity (Wildman–Crippen MR) is 56.1 cm³/mol. The van der Waals surface area contributed by atoms with E-state index in [0.717, 1.165) is 6.42 Å². The first kappa shape index (κ1) is 11.5. The highest BCUT2D eigenvalue weighted by molar-refractivity contribution is 5.76. The summed E-state index contributed by atoms with van der Waals surface area (Å²) in [6, 6.07) is 0.425. The third-order valence-corrected chi connectivity index (χ3v) is 2.11. The first-order valence-corrected chi connectivity index (χ1v) is 5.41. The molecule has 0 saturated heterocycles. The van der Waals surface area contributed by atoms with Gasteiger partial charge in [-0.1, -0.05) is 6.92 Å². The Kier molecular flexibility index (Phi) is 3.53. The molecule has 0 aromatic heterocycles. The molecule has 1 aliphatic rings. The standard InChI is InChI=1S/C11H21NO2/c1-5-9(12-8-6-7-8)10(13)14-11(2,3)4/h8-9,12H,5-7H2,1-4H3. The number of carbonyl (C=O) groups excluding carboxylic acids is 1. The summed E-state index contributed by atoms with van der Waals surface area (Å²) >= 11 is 0. The predicted octanol–water partition coefficient (Wildman–Crippen LogP) is 1.86. The maximum absolute atomic E-state index is 11.7. The Morgan fingerprint density at radius 1 is 1.50 bits per heavy atom. The van der Waals surface area contributed by atoms with Gasteiger partial charge in [0.1, 0.15) is 11.6 Å². The largest absolute Gasteiger partial charge is 0.459 e. The van der Waals surface area contributed by atoms with Crippen molar-refractivity contribution in [2.75, 3.05) is 0 Å². The molecular formula is C11H21NO2. The van der Waals surface area contributed by atoms with Gasteiger partial charge in [-0.05, 0) is 40.0 Å². The van der Waals surface area contributed by atoms with Gasteiger partial charge >= 0.3 is 5.97 Å².